The predicted octanol–water partition coefficient (Wildman–Crippen LogP) is 1.73. The number of halogens is 1. The van der Waals surface area contributed by atoms with Gasteiger partial charge in [-0.1, -0.05) is 15.9 Å². The highest BCUT2D eigenvalue weighted by atomic mass is 79.9. The molecule has 78 valence electrons. The van der Waals surface area contributed by atoms with Gasteiger partial charge in [-0.25, -0.2) is 13.4 Å². The maximum Gasteiger partial charge on any atom is 0.244 e. The van der Waals surface area contributed by atoms with Crippen LogP contribution >= 0.6 is 27.3 Å². The zero-order chi connectivity index (χ0) is 10.2. The third kappa shape index (κ3) is 2.09. The summed E-state index contributed by atoms with van der Waals surface area (Å²) in [6, 6.07) is 0. The van der Waals surface area contributed by atoms with Crippen LogP contribution in [-0.4, -0.2) is 18.1 Å². The maximum atomic E-state index is 11.2. The molecule has 0 saturated heterocycles. The van der Waals surface area contributed by atoms with E-state index in [4.69, 9.17) is 0 Å². The van der Waals surface area contributed by atoms with Crippen molar-refractivity contribution in [2.75, 3.05) is 9.38 Å². The van der Waals surface area contributed by atoms with Crippen LogP contribution in [0, 0.1) is 0 Å². The van der Waals surface area contributed by atoms with E-state index in [2.05, 4.69) is 25.6 Å². The van der Waals surface area contributed by atoms with Crippen molar-refractivity contribution in [3.8, 4) is 0 Å². The number of nitrogens with zero attached hydrogens (tertiary/aromatic N) is 1. The number of hydrogen-bond acceptors (Lipinski definition) is 4. The highest BCUT2D eigenvalue weighted by Gasteiger charge is 2.18. The van der Waals surface area contributed by atoms with E-state index >= 15 is 0 Å². The summed E-state index contributed by atoms with van der Waals surface area (Å²) in [5, 5.41) is 0.495. The Morgan fingerprint density at radius 3 is 2.93 bits per heavy atom. The Morgan fingerprint density at radius 2 is 2.29 bits per heavy atom. The van der Waals surface area contributed by atoms with Gasteiger partial charge < -0.3 is 0 Å². The van der Waals surface area contributed by atoms with Crippen LogP contribution in [-0.2, 0) is 22.9 Å². The normalized spacial score (nSPS) is 15.5. The third-order valence-electron chi connectivity index (χ3n) is 1.98. The van der Waals surface area contributed by atoms with Gasteiger partial charge in [-0.05, 0) is 19.3 Å². The highest BCUT2D eigenvalue weighted by Crippen LogP contribution is 2.30. The molecule has 1 heterocycles. The second-order valence-corrected chi connectivity index (χ2v) is 7.18. The molecule has 1 aromatic rings. The number of aromatic nitrogens is 1. The molecule has 1 aliphatic rings. The summed E-state index contributed by atoms with van der Waals surface area (Å²) < 4.78 is 24.7. The van der Waals surface area contributed by atoms with E-state index in [0.717, 1.165) is 25.0 Å². The number of fused-ring (bicyclic) bond motifs is 1. The lowest BCUT2D eigenvalue weighted by molar-refractivity contribution is 0.606. The SMILES string of the molecule is O=S(=O)(CBr)Nc1nc2c(s1)CCC2. The molecule has 7 heteroatoms. The van der Waals surface area contributed by atoms with Crippen molar-refractivity contribution < 1.29 is 8.42 Å². The van der Waals surface area contributed by atoms with Crippen molar-refractivity contribution in [1.82, 2.24) is 4.98 Å². The number of nitrogens with one attached hydrogen (secondary N) is 1. The van der Waals surface area contributed by atoms with Crippen LogP contribution in [0.15, 0.2) is 0 Å². The Hall–Kier alpha value is -0.140. The van der Waals surface area contributed by atoms with Crippen molar-refractivity contribution in [2.24, 2.45) is 0 Å². The zero-order valence-corrected chi connectivity index (χ0v) is 10.5. The molecule has 0 saturated carbocycles. The molecule has 0 radical (unpaired) electrons. The number of aryl methyl sites for hydroxylation is 2. The topological polar surface area (TPSA) is 59.1 Å². The molecular formula is C7H9BrN2O2S2. The zero-order valence-electron chi connectivity index (χ0n) is 7.29. The summed E-state index contributed by atoms with van der Waals surface area (Å²) in [6.45, 7) is 0. The molecule has 1 aromatic heterocycles. The van der Waals surface area contributed by atoms with Crippen molar-refractivity contribution in [2.45, 2.75) is 19.3 Å². The summed E-state index contributed by atoms with van der Waals surface area (Å²) in [5.74, 6) is 0. The van der Waals surface area contributed by atoms with Gasteiger partial charge in [0, 0.05) is 4.88 Å². The van der Waals surface area contributed by atoms with Crippen LogP contribution in [0.1, 0.15) is 17.0 Å². The van der Waals surface area contributed by atoms with Crippen molar-refractivity contribution in [3.05, 3.63) is 10.6 Å². The van der Waals surface area contributed by atoms with Gasteiger partial charge in [0.1, 0.15) is 4.66 Å². The first-order chi connectivity index (χ1) is 6.61. The minimum absolute atomic E-state index is 0.0930. The van der Waals surface area contributed by atoms with Gasteiger partial charge in [-0.2, -0.15) is 0 Å². The van der Waals surface area contributed by atoms with E-state index in [1.54, 1.807) is 0 Å². The number of anilines is 1. The van der Waals surface area contributed by atoms with E-state index in [1.807, 2.05) is 0 Å². The molecule has 4 nitrogen and oxygen atoms in total. The van der Waals surface area contributed by atoms with Crippen molar-refractivity contribution in [3.63, 3.8) is 0 Å². The van der Waals surface area contributed by atoms with E-state index in [9.17, 15) is 8.42 Å². The first-order valence-corrected chi connectivity index (χ1v) is 7.75. The Morgan fingerprint density at radius 1 is 1.50 bits per heavy atom. The van der Waals surface area contributed by atoms with Crippen LogP contribution in [0.4, 0.5) is 5.13 Å². The summed E-state index contributed by atoms with van der Waals surface area (Å²) in [4.78, 5) is 5.45. The third-order valence-corrected chi connectivity index (χ3v) is 5.78. The minimum Gasteiger partial charge on any atom is -0.258 e. The molecule has 0 fully saturated rings. The van der Waals surface area contributed by atoms with Gasteiger partial charge in [0.15, 0.2) is 5.13 Å². The second-order valence-electron chi connectivity index (χ2n) is 3.07. The molecule has 14 heavy (non-hydrogen) atoms. The summed E-state index contributed by atoms with van der Waals surface area (Å²) >= 11 is 4.35. The van der Waals surface area contributed by atoms with Crippen molar-refractivity contribution in [1.29, 1.82) is 0 Å². The lowest BCUT2D eigenvalue weighted by Crippen LogP contribution is -2.12. The molecule has 0 bridgehead atoms. The number of thiazole rings is 1. The van der Waals surface area contributed by atoms with Gasteiger partial charge in [0.2, 0.25) is 10.0 Å². The number of sulfonamides is 1. The van der Waals surface area contributed by atoms with Crippen LogP contribution in [0.5, 0.6) is 0 Å². The summed E-state index contributed by atoms with van der Waals surface area (Å²) in [5.41, 5.74) is 1.06. The minimum atomic E-state index is -3.25. The predicted molar refractivity (Wildman–Crippen MR) is 60.5 cm³/mol. The average Bonchev–Trinajstić information content (AvgIpc) is 2.63. The summed E-state index contributed by atoms with van der Waals surface area (Å²) in [6.07, 6.45) is 3.14. The quantitative estimate of drug-likeness (QED) is 0.864. The van der Waals surface area contributed by atoms with Crippen LogP contribution < -0.4 is 4.72 Å². The fourth-order valence-corrected chi connectivity index (χ4v) is 3.55. The van der Waals surface area contributed by atoms with E-state index < -0.39 is 10.0 Å². The first kappa shape index (κ1) is 10.4. The highest BCUT2D eigenvalue weighted by molar-refractivity contribution is 9.10. The standard InChI is InChI=1S/C7H9BrN2O2S2/c8-4-14(11,12)10-7-9-5-2-1-3-6(5)13-7/h1-4H2,(H,9,10). The van der Waals surface area contributed by atoms with Gasteiger partial charge in [0.25, 0.3) is 0 Å². The van der Waals surface area contributed by atoms with Gasteiger partial charge in [0.05, 0.1) is 5.69 Å². The molecule has 1 N–H and O–H groups in total. The molecule has 0 spiro atoms. The molecule has 0 unspecified atom stereocenters. The van der Waals surface area contributed by atoms with Gasteiger partial charge in [-0.15, -0.1) is 11.3 Å². The molecule has 0 amide bonds. The molecule has 0 atom stereocenters. The fraction of sp³-hybridized carbons (Fsp3) is 0.571. The number of rotatable bonds is 3. The Bertz CT molecular complexity index is 419. The molecule has 1 aliphatic carbocycles. The van der Waals surface area contributed by atoms with Crippen LogP contribution in [0.25, 0.3) is 0 Å². The Labute approximate surface area is 94.9 Å². The largest absolute Gasteiger partial charge is 0.258 e. The molecular weight excluding hydrogens is 288 g/mol. The monoisotopic (exact) mass is 296 g/mol. The maximum absolute atomic E-state index is 11.2. The van der Waals surface area contributed by atoms with Crippen LogP contribution in [0.3, 0.4) is 0 Å². The lowest BCUT2D eigenvalue weighted by Gasteiger charge is -1.99. The van der Waals surface area contributed by atoms with E-state index in [-0.39, 0.29) is 4.66 Å². The van der Waals surface area contributed by atoms with Gasteiger partial charge >= 0.3 is 0 Å². The van der Waals surface area contributed by atoms with E-state index in [0.29, 0.717) is 5.13 Å². The second kappa shape index (κ2) is 3.79. The van der Waals surface area contributed by atoms with Crippen molar-refractivity contribution >= 4 is 42.4 Å². The average molecular weight is 297 g/mol. The fourth-order valence-electron chi connectivity index (χ4n) is 1.39. The number of alkyl halides is 1. The molecule has 0 aromatic carbocycles. The molecule has 0 aliphatic heterocycles. The Kier molecular flexibility index (Phi) is 2.81. The van der Waals surface area contributed by atoms with Gasteiger partial charge in [-0.3, -0.25) is 4.72 Å². The summed E-state index contributed by atoms with van der Waals surface area (Å²) in [7, 11) is -3.25. The molecule has 2 rings (SSSR count). The lowest BCUT2D eigenvalue weighted by atomic mass is 10.4. The first-order valence-electron chi connectivity index (χ1n) is 4.16. The van der Waals surface area contributed by atoms with Crippen LogP contribution in [0.2, 0.25) is 0 Å². The van der Waals surface area contributed by atoms with E-state index in [1.165, 1.54) is 16.2 Å². The number of hydrogen-bond donors (Lipinski definition) is 1. The smallest absolute Gasteiger partial charge is 0.244 e. The Balaban J connectivity index is 2.19.